The predicted molar refractivity (Wildman–Crippen MR) is 63.7 cm³/mol. The van der Waals surface area contributed by atoms with Crippen molar-refractivity contribution in [3.05, 3.63) is 29.8 Å². The molecule has 0 amide bonds. The van der Waals surface area contributed by atoms with E-state index < -0.39 is 10.0 Å². The summed E-state index contributed by atoms with van der Waals surface area (Å²) in [6.45, 7) is 5.90. The molecule has 1 aromatic rings. The van der Waals surface area contributed by atoms with Crippen LogP contribution in [-0.2, 0) is 10.0 Å². The summed E-state index contributed by atoms with van der Waals surface area (Å²) < 4.78 is 25.1. The Labute approximate surface area is 91.8 Å². The molecule has 0 heterocycles. The molecule has 0 aliphatic carbocycles. The van der Waals surface area contributed by atoms with E-state index >= 15 is 0 Å². The van der Waals surface area contributed by atoms with Crippen LogP contribution in [0.5, 0.6) is 0 Å². The third-order valence-electron chi connectivity index (χ3n) is 2.37. The lowest BCUT2D eigenvalue weighted by molar-refractivity contribution is 0.593. The highest BCUT2D eigenvalue weighted by molar-refractivity contribution is 7.92. The van der Waals surface area contributed by atoms with Gasteiger partial charge in [-0.15, -0.1) is 0 Å². The fraction of sp³-hybridized carbons (Fsp3) is 0.455. The number of nitrogens with zero attached hydrogens (tertiary/aromatic N) is 1. The van der Waals surface area contributed by atoms with Gasteiger partial charge < -0.3 is 0 Å². The molecule has 0 unspecified atom stereocenters. The van der Waals surface area contributed by atoms with Crippen molar-refractivity contribution in [2.24, 2.45) is 0 Å². The van der Waals surface area contributed by atoms with Crippen LogP contribution in [-0.4, -0.2) is 20.7 Å². The second kappa shape index (κ2) is 4.66. The van der Waals surface area contributed by atoms with Crippen LogP contribution >= 0.6 is 0 Å². The Morgan fingerprint density at radius 3 is 2.27 bits per heavy atom. The summed E-state index contributed by atoms with van der Waals surface area (Å²) in [6.07, 6.45) is 0. The molecule has 0 saturated heterocycles. The van der Waals surface area contributed by atoms with Gasteiger partial charge in [0.2, 0.25) is 10.0 Å². The molecule has 0 bridgehead atoms. The van der Waals surface area contributed by atoms with Crippen LogP contribution in [0, 0.1) is 6.92 Å². The molecule has 84 valence electrons. The number of hydrogen-bond acceptors (Lipinski definition) is 2. The molecule has 0 spiro atoms. The van der Waals surface area contributed by atoms with Gasteiger partial charge in [-0.25, -0.2) is 8.42 Å². The summed E-state index contributed by atoms with van der Waals surface area (Å²) in [6, 6.07) is 7.52. The maximum atomic E-state index is 11.8. The quantitative estimate of drug-likeness (QED) is 0.790. The Balaban J connectivity index is 3.20. The number of para-hydroxylation sites is 1. The standard InChI is InChI=1S/C11H17NO2S/c1-4-12(15(13,14)5-2)11-9-7-6-8-10(11)3/h6-9H,4-5H2,1-3H3. The van der Waals surface area contributed by atoms with Crippen LogP contribution in [0.25, 0.3) is 0 Å². The third-order valence-corrected chi connectivity index (χ3v) is 4.23. The lowest BCUT2D eigenvalue weighted by atomic mass is 10.2. The smallest absolute Gasteiger partial charge is 0.234 e. The van der Waals surface area contributed by atoms with Crippen molar-refractivity contribution in [2.45, 2.75) is 20.8 Å². The van der Waals surface area contributed by atoms with Gasteiger partial charge in [0.15, 0.2) is 0 Å². The molecule has 1 rings (SSSR count). The molecule has 0 aromatic heterocycles. The number of rotatable bonds is 4. The number of sulfonamides is 1. The Morgan fingerprint density at radius 2 is 1.80 bits per heavy atom. The fourth-order valence-electron chi connectivity index (χ4n) is 1.52. The van der Waals surface area contributed by atoms with Crippen molar-refractivity contribution < 1.29 is 8.42 Å². The van der Waals surface area contributed by atoms with Crippen LogP contribution in [0.4, 0.5) is 5.69 Å². The molecule has 15 heavy (non-hydrogen) atoms. The Kier molecular flexibility index (Phi) is 3.74. The predicted octanol–water partition coefficient (Wildman–Crippen LogP) is 2.17. The van der Waals surface area contributed by atoms with E-state index in [1.165, 1.54) is 4.31 Å². The molecule has 0 aliphatic rings. The highest BCUT2D eigenvalue weighted by Gasteiger charge is 2.19. The lowest BCUT2D eigenvalue weighted by Gasteiger charge is -2.23. The second-order valence-electron chi connectivity index (χ2n) is 3.35. The number of aryl methyl sites for hydroxylation is 1. The Hall–Kier alpha value is -1.03. The topological polar surface area (TPSA) is 37.4 Å². The molecule has 0 aliphatic heterocycles. The van der Waals surface area contributed by atoms with Gasteiger partial charge >= 0.3 is 0 Å². The number of anilines is 1. The molecule has 0 saturated carbocycles. The molecule has 0 N–H and O–H groups in total. The lowest BCUT2D eigenvalue weighted by Crippen LogP contribution is -2.32. The van der Waals surface area contributed by atoms with E-state index in [0.29, 0.717) is 6.54 Å². The van der Waals surface area contributed by atoms with Crippen molar-refractivity contribution in [1.82, 2.24) is 0 Å². The minimum absolute atomic E-state index is 0.134. The van der Waals surface area contributed by atoms with Gasteiger partial charge in [0.1, 0.15) is 0 Å². The first-order valence-corrected chi connectivity index (χ1v) is 6.70. The Morgan fingerprint density at radius 1 is 1.20 bits per heavy atom. The summed E-state index contributed by atoms with van der Waals surface area (Å²) >= 11 is 0. The zero-order valence-corrected chi connectivity index (χ0v) is 10.2. The first-order valence-electron chi connectivity index (χ1n) is 5.09. The van der Waals surface area contributed by atoms with E-state index in [1.54, 1.807) is 6.92 Å². The van der Waals surface area contributed by atoms with E-state index in [4.69, 9.17) is 0 Å². The Bertz CT molecular complexity index is 426. The van der Waals surface area contributed by atoms with Crippen molar-refractivity contribution in [1.29, 1.82) is 0 Å². The van der Waals surface area contributed by atoms with Gasteiger partial charge in [0.25, 0.3) is 0 Å². The average Bonchev–Trinajstić information content (AvgIpc) is 2.21. The fourth-order valence-corrected chi connectivity index (χ4v) is 2.73. The minimum atomic E-state index is -3.15. The van der Waals surface area contributed by atoms with Crippen molar-refractivity contribution in [3.63, 3.8) is 0 Å². The molecular formula is C11H17NO2S. The first kappa shape index (κ1) is 12.0. The van der Waals surface area contributed by atoms with Crippen LogP contribution in [0.15, 0.2) is 24.3 Å². The van der Waals surface area contributed by atoms with Gasteiger partial charge in [0.05, 0.1) is 11.4 Å². The largest absolute Gasteiger partial charge is 0.270 e. The third kappa shape index (κ3) is 2.50. The number of benzene rings is 1. The number of hydrogen-bond donors (Lipinski definition) is 0. The monoisotopic (exact) mass is 227 g/mol. The summed E-state index contributed by atoms with van der Waals surface area (Å²) in [5, 5.41) is 0. The van der Waals surface area contributed by atoms with Crippen LogP contribution in [0.1, 0.15) is 19.4 Å². The zero-order valence-electron chi connectivity index (χ0n) is 9.40. The molecule has 0 fully saturated rings. The van der Waals surface area contributed by atoms with Gasteiger partial charge in [0, 0.05) is 6.54 Å². The van der Waals surface area contributed by atoms with Crippen LogP contribution < -0.4 is 4.31 Å². The molecule has 1 aromatic carbocycles. The van der Waals surface area contributed by atoms with Crippen molar-refractivity contribution in [3.8, 4) is 0 Å². The van der Waals surface area contributed by atoms with E-state index in [1.807, 2.05) is 38.1 Å². The SMILES string of the molecule is CCN(c1ccccc1C)S(=O)(=O)CC. The van der Waals surface area contributed by atoms with Crippen LogP contribution in [0.3, 0.4) is 0 Å². The second-order valence-corrected chi connectivity index (χ2v) is 5.53. The van der Waals surface area contributed by atoms with Crippen LogP contribution in [0.2, 0.25) is 0 Å². The van der Waals surface area contributed by atoms with Gasteiger partial charge in [-0.05, 0) is 32.4 Å². The summed E-state index contributed by atoms with van der Waals surface area (Å²) in [4.78, 5) is 0. The first-order chi connectivity index (χ1) is 7.03. The molecule has 3 nitrogen and oxygen atoms in total. The van der Waals surface area contributed by atoms with E-state index in [-0.39, 0.29) is 5.75 Å². The molecule has 4 heteroatoms. The van der Waals surface area contributed by atoms with Gasteiger partial charge in [-0.3, -0.25) is 4.31 Å². The van der Waals surface area contributed by atoms with E-state index in [2.05, 4.69) is 0 Å². The zero-order chi connectivity index (χ0) is 11.5. The maximum absolute atomic E-state index is 11.8. The van der Waals surface area contributed by atoms with E-state index in [0.717, 1.165) is 11.3 Å². The van der Waals surface area contributed by atoms with Gasteiger partial charge in [-0.1, -0.05) is 18.2 Å². The molecule has 0 radical (unpaired) electrons. The van der Waals surface area contributed by atoms with E-state index in [9.17, 15) is 8.42 Å². The van der Waals surface area contributed by atoms with Crippen molar-refractivity contribution in [2.75, 3.05) is 16.6 Å². The summed E-state index contributed by atoms with van der Waals surface area (Å²) in [5.41, 5.74) is 1.76. The highest BCUT2D eigenvalue weighted by Crippen LogP contribution is 2.22. The normalized spacial score (nSPS) is 11.4. The highest BCUT2D eigenvalue weighted by atomic mass is 32.2. The average molecular weight is 227 g/mol. The minimum Gasteiger partial charge on any atom is -0.270 e. The maximum Gasteiger partial charge on any atom is 0.234 e. The molecule has 0 atom stereocenters. The van der Waals surface area contributed by atoms with Gasteiger partial charge in [-0.2, -0.15) is 0 Å². The summed E-state index contributed by atoms with van der Waals surface area (Å²) in [5.74, 6) is 0.134. The van der Waals surface area contributed by atoms with Crippen molar-refractivity contribution >= 4 is 15.7 Å². The summed E-state index contributed by atoms with van der Waals surface area (Å²) in [7, 11) is -3.15. The molecular weight excluding hydrogens is 210 g/mol.